The molecule has 2 aromatic heterocycles. The lowest BCUT2D eigenvalue weighted by Gasteiger charge is -2.19. The first kappa shape index (κ1) is 28.6. The van der Waals surface area contributed by atoms with Crippen molar-refractivity contribution in [2.75, 3.05) is 6.54 Å². The quantitative estimate of drug-likeness (QED) is 0.169. The standard InChI is InChI=1S/C36H35N5OS/c1-24-14-17-27(18-15-24)23-41-32-19-16-25(2)22-31(32)33-34(41)38-36(40-39-33)43-26(3)35(42)37-21-20-30(28-10-6-4-7-11-28)29-12-8-5-9-13-29/h4-19,22,26,30H,20-21,23H2,1-3H3,(H,37,42). The fraction of sp³-hybridized carbons (Fsp3) is 0.222. The van der Waals surface area contributed by atoms with Crippen LogP contribution in [0.1, 0.15) is 47.1 Å². The Morgan fingerprint density at radius 2 is 1.49 bits per heavy atom. The number of carbonyl (C=O) groups is 1. The number of carbonyl (C=O) groups excluding carboxylic acids is 1. The maximum absolute atomic E-state index is 13.2. The molecule has 216 valence electrons. The summed E-state index contributed by atoms with van der Waals surface area (Å²) in [5.74, 6) is 0.170. The van der Waals surface area contributed by atoms with E-state index in [-0.39, 0.29) is 17.1 Å². The predicted molar refractivity (Wildman–Crippen MR) is 176 cm³/mol. The number of hydrogen-bond donors (Lipinski definition) is 1. The number of aryl methyl sites for hydroxylation is 2. The molecule has 0 spiro atoms. The highest BCUT2D eigenvalue weighted by atomic mass is 32.2. The summed E-state index contributed by atoms with van der Waals surface area (Å²) in [6.45, 7) is 7.31. The average molecular weight is 586 g/mol. The third kappa shape index (κ3) is 6.47. The number of nitrogens with one attached hydrogen (secondary N) is 1. The van der Waals surface area contributed by atoms with E-state index in [1.165, 1.54) is 34.0 Å². The van der Waals surface area contributed by atoms with Crippen LogP contribution < -0.4 is 5.32 Å². The Kier molecular flexibility index (Phi) is 8.52. The molecule has 0 fully saturated rings. The van der Waals surface area contributed by atoms with Crippen LogP contribution in [0.5, 0.6) is 0 Å². The molecule has 1 atom stereocenters. The van der Waals surface area contributed by atoms with Crippen molar-refractivity contribution in [2.24, 2.45) is 0 Å². The topological polar surface area (TPSA) is 72.7 Å². The zero-order chi connectivity index (χ0) is 29.8. The van der Waals surface area contributed by atoms with E-state index in [2.05, 4.69) is 125 Å². The molecule has 1 unspecified atom stereocenters. The smallest absolute Gasteiger partial charge is 0.233 e. The van der Waals surface area contributed by atoms with Crippen molar-refractivity contribution >= 4 is 39.7 Å². The maximum Gasteiger partial charge on any atom is 0.233 e. The van der Waals surface area contributed by atoms with Crippen LogP contribution in [0.25, 0.3) is 22.1 Å². The van der Waals surface area contributed by atoms with Crippen LogP contribution in [-0.2, 0) is 11.3 Å². The summed E-state index contributed by atoms with van der Waals surface area (Å²) in [6, 6.07) is 35.9. The number of thioether (sulfide) groups is 1. The first-order chi connectivity index (χ1) is 21.0. The highest BCUT2D eigenvalue weighted by Gasteiger charge is 2.21. The van der Waals surface area contributed by atoms with E-state index < -0.39 is 0 Å². The van der Waals surface area contributed by atoms with Gasteiger partial charge < -0.3 is 9.88 Å². The molecule has 6 nitrogen and oxygen atoms in total. The third-order valence-corrected chi connectivity index (χ3v) is 8.80. The van der Waals surface area contributed by atoms with Crippen LogP contribution in [0.2, 0.25) is 0 Å². The molecule has 0 aliphatic rings. The first-order valence-electron chi connectivity index (χ1n) is 14.7. The summed E-state index contributed by atoms with van der Waals surface area (Å²) < 4.78 is 2.20. The molecule has 0 bridgehead atoms. The number of nitrogens with zero attached hydrogens (tertiary/aromatic N) is 4. The molecular formula is C36H35N5OS. The maximum atomic E-state index is 13.2. The van der Waals surface area contributed by atoms with Crippen LogP contribution in [-0.4, -0.2) is 37.5 Å². The third-order valence-electron chi connectivity index (χ3n) is 7.85. The van der Waals surface area contributed by atoms with E-state index >= 15 is 0 Å². The molecule has 0 saturated heterocycles. The molecule has 43 heavy (non-hydrogen) atoms. The van der Waals surface area contributed by atoms with Gasteiger partial charge in [0.2, 0.25) is 11.1 Å². The summed E-state index contributed by atoms with van der Waals surface area (Å²) in [4.78, 5) is 18.1. The highest BCUT2D eigenvalue weighted by Crippen LogP contribution is 2.30. The predicted octanol–water partition coefficient (Wildman–Crippen LogP) is 7.46. The molecule has 2 heterocycles. The van der Waals surface area contributed by atoms with Crippen molar-refractivity contribution in [3.8, 4) is 0 Å². The normalized spacial score (nSPS) is 12.2. The van der Waals surface area contributed by atoms with Crippen molar-refractivity contribution in [3.63, 3.8) is 0 Å². The number of aromatic nitrogens is 4. The Morgan fingerprint density at radius 1 is 0.837 bits per heavy atom. The number of rotatable bonds is 10. The van der Waals surface area contributed by atoms with Gasteiger partial charge in [0.25, 0.3) is 0 Å². The van der Waals surface area contributed by atoms with Crippen LogP contribution in [0.3, 0.4) is 0 Å². The monoisotopic (exact) mass is 585 g/mol. The molecular weight excluding hydrogens is 550 g/mol. The minimum atomic E-state index is -0.372. The largest absolute Gasteiger partial charge is 0.355 e. The van der Waals surface area contributed by atoms with Crippen molar-refractivity contribution in [2.45, 2.75) is 50.1 Å². The van der Waals surface area contributed by atoms with Gasteiger partial charge in [0, 0.05) is 24.4 Å². The van der Waals surface area contributed by atoms with Crippen molar-refractivity contribution in [3.05, 3.63) is 131 Å². The Labute approximate surface area is 256 Å². The van der Waals surface area contributed by atoms with Gasteiger partial charge >= 0.3 is 0 Å². The average Bonchev–Trinajstić information content (AvgIpc) is 3.32. The van der Waals surface area contributed by atoms with E-state index in [1.807, 2.05) is 19.1 Å². The Hall–Kier alpha value is -4.49. The van der Waals surface area contributed by atoms with Gasteiger partial charge in [-0.2, -0.15) is 0 Å². The van der Waals surface area contributed by atoms with Gasteiger partial charge in [-0.15, -0.1) is 10.2 Å². The Balaban J connectivity index is 1.18. The van der Waals surface area contributed by atoms with E-state index in [4.69, 9.17) is 4.98 Å². The summed E-state index contributed by atoms with van der Waals surface area (Å²) in [6.07, 6.45) is 0.805. The minimum Gasteiger partial charge on any atom is -0.355 e. The molecule has 1 N–H and O–H groups in total. The molecule has 4 aromatic carbocycles. The van der Waals surface area contributed by atoms with Crippen LogP contribution in [0.4, 0.5) is 0 Å². The molecule has 1 amide bonds. The van der Waals surface area contributed by atoms with Gasteiger partial charge in [-0.3, -0.25) is 4.79 Å². The number of fused-ring (bicyclic) bond motifs is 3. The second-order valence-corrected chi connectivity index (χ2v) is 12.4. The fourth-order valence-corrected chi connectivity index (χ4v) is 6.27. The molecule has 0 aliphatic heterocycles. The lowest BCUT2D eigenvalue weighted by Crippen LogP contribution is -2.32. The van der Waals surface area contributed by atoms with E-state index in [1.54, 1.807) is 0 Å². The molecule has 0 saturated carbocycles. The van der Waals surface area contributed by atoms with Crippen LogP contribution >= 0.6 is 11.8 Å². The number of hydrogen-bond acceptors (Lipinski definition) is 5. The second kappa shape index (κ2) is 12.8. The van der Waals surface area contributed by atoms with Gasteiger partial charge in [-0.05, 0) is 56.0 Å². The zero-order valence-electron chi connectivity index (χ0n) is 24.7. The van der Waals surface area contributed by atoms with Gasteiger partial charge in [-0.25, -0.2) is 4.98 Å². The van der Waals surface area contributed by atoms with Crippen LogP contribution in [0.15, 0.2) is 108 Å². The van der Waals surface area contributed by atoms with E-state index in [9.17, 15) is 4.79 Å². The van der Waals surface area contributed by atoms with Gasteiger partial charge in [0.05, 0.1) is 10.8 Å². The van der Waals surface area contributed by atoms with Crippen molar-refractivity contribution in [1.29, 1.82) is 0 Å². The Morgan fingerprint density at radius 3 is 2.16 bits per heavy atom. The van der Waals surface area contributed by atoms with Crippen molar-refractivity contribution < 1.29 is 4.79 Å². The van der Waals surface area contributed by atoms with Gasteiger partial charge in [0.15, 0.2) is 5.65 Å². The number of amides is 1. The summed E-state index contributed by atoms with van der Waals surface area (Å²) >= 11 is 1.34. The summed E-state index contributed by atoms with van der Waals surface area (Å²) in [5, 5.41) is 13.3. The molecule has 6 aromatic rings. The highest BCUT2D eigenvalue weighted by molar-refractivity contribution is 8.00. The summed E-state index contributed by atoms with van der Waals surface area (Å²) in [7, 11) is 0. The van der Waals surface area contributed by atoms with Gasteiger partial charge in [-0.1, -0.05) is 114 Å². The first-order valence-corrected chi connectivity index (χ1v) is 15.6. The van der Waals surface area contributed by atoms with Crippen LogP contribution in [0, 0.1) is 13.8 Å². The molecule has 0 aliphatic carbocycles. The number of benzene rings is 4. The minimum absolute atomic E-state index is 0.0376. The lowest BCUT2D eigenvalue weighted by atomic mass is 9.88. The second-order valence-electron chi connectivity index (χ2n) is 11.1. The Bertz CT molecular complexity index is 1810. The van der Waals surface area contributed by atoms with Gasteiger partial charge in [0.1, 0.15) is 5.52 Å². The summed E-state index contributed by atoms with van der Waals surface area (Å²) in [5.41, 5.74) is 8.70. The molecule has 7 heteroatoms. The molecule has 0 radical (unpaired) electrons. The van der Waals surface area contributed by atoms with E-state index in [0.717, 1.165) is 34.1 Å². The van der Waals surface area contributed by atoms with E-state index in [0.29, 0.717) is 18.2 Å². The zero-order valence-corrected chi connectivity index (χ0v) is 25.5. The van der Waals surface area contributed by atoms with Crippen molar-refractivity contribution in [1.82, 2.24) is 25.1 Å². The lowest BCUT2D eigenvalue weighted by molar-refractivity contribution is -0.120. The molecule has 6 rings (SSSR count). The fourth-order valence-electron chi connectivity index (χ4n) is 5.53. The SMILES string of the molecule is Cc1ccc(Cn2c3ccc(C)cc3c3nnc(SC(C)C(=O)NCCC(c4ccccc4)c4ccccc4)nc32)cc1.